The minimum absolute atomic E-state index is 0.0754. The van der Waals surface area contributed by atoms with Crippen molar-refractivity contribution in [2.24, 2.45) is 12.8 Å². The molecule has 4 heteroatoms. The highest BCUT2D eigenvalue weighted by molar-refractivity contribution is 5.99. The van der Waals surface area contributed by atoms with Crippen molar-refractivity contribution < 1.29 is 4.79 Å². The van der Waals surface area contributed by atoms with E-state index in [9.17, 15) is 4.79 Å². The third-order valence-electron chi connectivity index (χ3n) is 2.92. The van der Waals surface area contributed by atoms with Gasteiger partial charge < -0.3 is 15.6 Å². The zero-order valence-electron chi connectivity index (χ0n) is 10.2. The Kier molecular flexibility index (Phi) is 3.15. The summed E-state index contributed by atoms with van der Waals surface area (Å²) in [6, 6.07) is 7.97. The summed E-state index contributed by atoms with van der Waals surface area (Å²) in [5.74, 6) is -0.0754. The molecule has 0 unspecified atom stereocenters. The van der Waals surface area contributed by atoms with Gasteiger partial charge in [-0.3, -0.25) is 4.79 Å². The van der Waals surface area contributed by atoms with Crippen LogP contribution in [-0.2, 0) is 7.05 Å². The van der Waals surface area contributed by atoms with Crippen LogP contribution in [0.2, 0.25) is 0 Å². The van der Waals surface area contributed by atoms with Crippen molar-refractivity contribution in [1.29, 1.82) is 0 Å². The van der Waals surface area contributed by atoms with E-state index in [4.69, 9.17) is 5.73 Å². The molecule has 0 saturated heterocycles. The van der Waals surface area contributed by atoms with Gasteiger partial charge in [0.15, 0.2) is 0 Å². The molecule has 0 fully saturated rings. The number of hydrogen-bond acceptors (Lipinski definition) is 2. The van der Waals surface area contributed by atoms with Gasteiger partial charge in [0.05, 0.1) is 5.52 Å². The topological polar surface area (TPSA) is 60.1 Å². The number of nitrogens with one attached hydrogen (secondary N) is 1. The number of hydrogen-bond donors (Lipinski definition) is 2. The molecule has 1 aromatic heterocycles. The van der Waals surface area contributed by atoms with Gasteiger partial charge in [0.2, 0.25) is 0 Å². The number of fused-ring (bicyclic) bond motifs is 1. The summed E-state index contributed by atoms with van der Waals surface area (Å²) in [4.78, 5) is 11.9. The summed E-state index contributed by atoms with van der Waals surface area (Å²) in [6.07, 6.45) is 0. The standard InChI is InChI=1S/C13H17N3O/c1-9-4-3-5-10-8-11(16(2)12(9)10)13(17)15-7-6-14/h3-5,8H,6-7,14H2,1-2H3,(H,15,17). The summed E-state index contributed by atoms with van der Waals surface area (Å²) in [5.41, 5.74) is 8.31. The van der Waals surface area contributed by atoms with Crippen LogP contribution >= 0.6 is 0 Å². The molecule has 0 aliphatic rings. The van der Waals surface area contributed by atoms with E-state index in [1.807, 2.05) is 42.8 Å². The van der Waals surface area contributed by atoms with Crippen molar-refractivity contribution in [1.82, 2.24) is 9.88 Å². The molecule has 0 aliphatic carbocycles. The molecule has 1 heterocycles. The highest BCUT2D eigenvalue weighted by Gasteiger charge is 2.13. The fourth-order valence-electron chi connectivity index (χ4n) is 2.12. The first-order chi connectivity index (χ1) is 8.15. The number of benzene rings is 1. The first kappa shape index (κ1) is 11.7. The van der Waals surface area contributed by atoms with Crippen LogP contribution in [0.1, 0.15) is 16.1 Å². The molecule has 0 saturated carbocycles. The summed E-state index contributed by atoms with van der Waals surface area (Å²) >= 11 is 0. The second-order valence-corrected chi connectivity index (χ2v) is 4.15. The van der Waals surface area contributed by atoms with E-state index in [-0.39, 0.29) is 5.91 Å². The fourth-order valence-corrected chi connectivity index (χ4v) is 2.12. The molecule has 0 atom stereocenters. The molecule has 3 N–H and O–H groups in total. The molecule has 1 amide bonds. The van der Waals surface area contributed by atoms with E-state index in [1.54, 1.807) is 0 Å². The quantitative estimate of drug-likeness (QED) is 0.833. The van der Waals surface area contributed by atoms with Gasteiger partial charge in [-0.1, -0.05) is 18.2 Å². The number of para-hydroxylation sites is 1. The maximum Gasteiger partial charge on any atom is 0.267 e. The van der Waals surface area contributed by atoms with Gasteiger partial charge in [0, 0.05) is 25.5 Å². The predicted molar refractivity (Wildman–Crippen MR) is 69.0 cm³/mol. The number of carbonyl (C=O) groups excluding carboxylic acids is 1. The van der Waals surface area contributed by atoms with Crippen molar-refractivity contribution in [3.8, 4) is 0 Å². The number of aromatic nitrogens is 1. The van der Waals surface area contributed by atoms with Gasteiger partial charge in [-0.05, 0) is 18.6 Å². The van der Waals surface area contributed by atoms with Crippen LogP contribution in [-0.4, -0.2) is 23.6 Å². The normalized spacial score (nSPS) is 10.8. The molecule has 2 aromatic rings. The van der Waals surface area contributed by atoms with Crippen LogP contribution in [0.5, 0.6) is 0 Å². The summed E-state index contributed by atoms with van der Waals surface area (Å²) < 4.78 is 1.93. The van der Waals surface area contributed by atoms with Crippen LogP contribution in [0.15, 0.2) is 24.3 Å². The van der Waals surface area contributed by atoms with Gasteiger partial charge in [-0.15, -0.1) is 0 Å². The van der Waals surface area contributed by atoms with Crippen LogP contribution in [0.3, 0.4) is 0 Å². The Bertz CT molecular complexity index is 557. The van der Waals surface area contributed by atoms with Crippen LogP contribution in [0.25, 0.3) is 10.9 Å². The minimum atomic E-state index is -0.0754. The van der Waals surface area contributed by atoms with Crippen molar-refractivity contribution in [3.63, 3.8) is 0 Å². The first-order valence-electron chi connectivity index (χ1n) is 5.68. The molecule has 90 valence electrons. The van der Waals surface area contributed by atoms with Crippen LogP contribution in [0, 0.1) is 6.92 Å². The number of amides is 1. The largest absolute Gasteiger partial charge is 0.349 e. The van der Waals surface area contributed by atoms with Gasteiger partial charge in [0.25, 0.3) is 5.91 Å². The third kappa shape index (κ3) is 2.03. The van der Waals surface area contributed by atoms with Gasteiger partial charge >= 0.3 is 0 Å². The number of rotatable bonds is 3. The van der Waals surface area contributed by atoms with Crippen molar-refractivity contribution in [2.75, 3.05) is 13.1 Å². The van der Waals surface area contributed by atoms with Crippen molar-refractivity contribution >= 4 is 16.8 Å². The lowest BCUT2D eigenvalue weighted by Crippen LogP contribution is -2.30. The van der Waals surface area contributed by atoms with Crippen LogP contribution in [0.4, 0.5) is 0 Å². The lowest BCUT2D eigenvalue weighted by atomic mass is 10.2. The molecule has 0 radical (unpaired) electrons. The van der Waals surface area contributed by atoms with Gasteiger partial charge in [-0.2, -0.15) is 0 Å². The number of carbonyl (C=O) groups is 1. The second kappa shape index (κ2) is 4.59. The van der Waals surface area contributed by atoms with E-state index >= 15 is 0 Å². The zero-order valence-corrected chi connectivity index (χ0v) is 10.2. The minimum Gasteiger partial charge on any atom is -0.349 e. The van der Waals surface area contributed by atoms with E-state index in [0.29, 0.717) is 18.8 Å². The van der Waals surface area contributed by atoms with E-state index in [2.05, 4.69) is 5.32 Å². The predicted octanol–water partition coefficient (Wildman–Crippen LogP) is 1.18. The molecule has 17 heavy (non-hydrogen) atoms. The summed E-state index contributed by atoms with van der Waals surface area (Å²) in [7, 11) is 1.91. The van der Waals surface area contributed by atoms with E-state index in [0.717, 1.165) is 10.9 Å². The molecule has 2 rings (SSSR count). The summed E-state index contributed by atoms with van der Waals surface area (Å²) in [6.45, 7) is 3.00. The molecular formula is C13H17N3O. The SMILES string of the molecule is Cc1cccc2cc(C(=O)NCCN)n(C)c12. The maximum atomic E-state index is 11.9. The Morgan fingerprint density at radius 2 is 2.24 bits per heavy atom. The Morgan fingerprint density at radius 3 is 2.88 bits per heavy atom. The molecule has 0 spiro atoms. The lowest BCUT2D eigenvalue weighted by Gasteiger charge is -2.06. The Morgan fingerprint density at radius 1 is 1.47 bits per heavy atom. The number of aryl methyl sites for hydroxylation is 2. The molecule has 0 aliphatic heterocycles. The first-order valence-corrected chi connectivity index (χ1v) is 5.68. The third-order valence-corrected chi connectivity index (χ3v) is 2.92. The van der Waals surface area contributed by atoms with E-state index in [1.165, 1.54) is 5.56 Å². The number of nitrogens with zero attached hydrogens (tertiary/aromatic N) is 1. The Labute approximate surface area is 100 Å². The lowest BCUT2D eigenvalue weighted by molar-refractivity contribution is 0.0947. The average Bonchev–Trinajstić information content (AvgIpc) is 2.65. The average molecular weight is 231 g/mol. The molecule has 1 aromatic carbocycles. The molecule has 4 nitrogen and oxygen atoms in total. The van der Waals surface area contributed by atoms with E-state index < -0.39 is 0 Å². The Balaban J connectivity index is 2.46. The maximum absolute atomic E-state index is 11.9. The zero-order chi connectivity index (χ0) is 12.4. The van der Waals surface area contributed by atoms with Crippen LogP contribution < -0.4 is 11.1 Å². The highest BCUT2D eigenvalue weighted by atomic mass is 16.1. The van der Waals surface area contributed by atoms with Gasteiger partial charge in [-0.25, -0.2) is 0 Å². The van der Waals surface area contributed by atoms with Crippen molar-refractivity contribution in [3.05, 3.63) is 35.5 Å². The van der Waals surface area contributed by atoms with Crippen molar-refractivity contribution in [2.45, 2.75) is 6.92 Å². The Hall–Kier alpha value is -1.81. The fraction of sp³-hybridized carbons (Fsp3) is 0.308. The second-order valence-electron chi connectivity index (χ2n) is 4.15. The monoisotopic (exact) mass is 231 g/mol. The number of nitrogens with two attached hydrogens (primary N) is 1. The highest BCUT2D eigenvalue weighted by Crippen LogP contribution is 2.21. The summed E-state index contributed by atoms with van der Waals surface area (Å²) in [5, 5.41) is 3.87. The molecule has 0 bridgehead atoms. The van der Waals surface area contributed by atoms with Gasteiger partial charge in [0.1, 0.15) is 5.69 Å². The smallest absolute Gasteiger partial charge is 0.267 e. The molecular weight excluding hydrogens is 214 g/mol.